The molecule has 0 aromatic heterocycles. The van der Waals surface area contributed by atoms with Gasteiger partial charge in [0.15, 0.2) is 0 Å². The Kier molecular flexibility index (Phi) is 7.01. The molecule has 2 amide bonds. The molecular formula is C20H22ClN3O2S. The zero-order chi connectivity index (χ0) is 19.1. The van der Waals surface area contributed by atoms with Gasteiger partial charge in [-0.2, -0.15) is 11.8 Å². The van der Waals surface area contributed by atoms with Crippen LogP contribution in [0.1, 0.15) is 5.56 Å². The van der Waals surface area contributed by atoms with E-state index in [4.69, 9.17) is 11.6 Å². The fourth-order valence-corrected chi connectivity index (χ4v) is 4.08. The van der Waals surface area contributed by atoms with Crippen molar-refractivity contribution < 1.29 is 9.59 Å². The molecule has 1 aliphatic rings. The normalized spacial score (nSPS) is 13.9. The summed E-state index contributed by atoms with van der Waals surface area (Å²) in [5, 5.41) is 6.02. The Bertz CT molecular complexity index is 795. The highest BCUT2D eigenvalue weighted by Gasteiger charge is 2.15. The predicted octanol–water partition coefficient (Wildman–Crippen LogP) is 3.19. The topological polar surface area (TPSA) is 61.4 Å². The third-order valence-corrected chi connectivity index (χ3v) is 5.48. The SMILES string of the molecule is O=C(Cc1ccccc1)NCC(=O)Nc1ccc(N2CCSCC2)c(Cl)c1. The fraction of sp³-hybridized carbons (Fsp3) is 0.300. The minimum absolute atomic E-state index is 0.0750. The quantitative estimate of drug-likeness (QED) is 0.777. The Morgan fingerprint density at radius 1 is 1.04 bits per heavy atom. The third-order valence-electron chi connectivity index (χ3n) is 4.24. The molecule has 142 valence electrons. The summed E-state index contributed by atoms with van der Waals surface area (Å²) in [5.41, 5.74) is 2.53. The van der Waals surface area contributed by atoms with Crippen LogP contribution in [0.3, 0.4) is 0 Å². The number of nitrogens with one attached hydrogen (secondary N) is 2. The Labute approximate surface area is 168 Å². The van der Waals surface area contributed by atoms with E-state index in [9.17, 15) is 9.59 Å². The molecule has 27 heavy (non-hydrogen) atoms. The highest BCUT2D eigenvalue weighted by Crippen LogP contribution is 2.30. The van der Waals surface area contributed by atoms with Crippen LogP contribution >= 0.6 is 23.4 Å². The maximum absolute atomic E-state index is 12.1. The number of hydrogen-bond acceptors (Lipinski definition) is 4. The first-order valence-corrected chi connectivity index (χ1v) is 10.4. The number of anilines is 2. The first-order valence-electron chi connectivity index (χ1n) is 8.84. The number of carbonyl (C=O) groups excluding carboxylic acids is 2. The van der Waals surface area contributed by atoms with E-state index in [0.29, 0.717) is 10.7 Å². The van der Waals surface area contributed by atoms with Crippen molar-refractivity contribution in [2.24, 2.45) is 0 Å². The molecular weight excluding hydrogens is 382 g/mol. The average Bonchev–Trinajstić information content (AvgIpc) is 2.68. The van der Waals surface area contributed by atoms with Crippen LogP contribution in [-0.2, 0) is 16.0 Å². The maximum Gasteiger partial charge on any atom is 0.243 e. The van der Waals surface area contributed by atoms with Crippen molar-refractivity contribution in [3.05, 3.63) is 59.1 Å². The summed E-state index contributed by atoms with van der Waals surface area (Å²) < 4.78 is 0. The molecule has 0 atom stereocenters. The minimum atomic E-state index is -0.283. The van der Waals surface area contributed by atoms with Gasteiger partial charge in [-0.05, 0) is 23.8 Å². The van der Waals surface area contributed by atoms with Crippen molar-refractivity contribution in [1.82, 2.24) is 5.32 Å². The van der Waals surface area contributed by atoms with Crippen LogP contribution in [0.15, 0.2) is 48.5 Å². The highest BCUT2D eigenvalue weighted by atomic mass is 35.5. The molecule has 5 nitrogen and oxygen atoms in total. The van der Waals surface area contributed by atoms with Crippen molar-refractivity contribution in [2.75, 3.05) is 41.4 Å². The summed E-state index contributed by atoms with van der Waals surface area (Å²) in [5.74, 6) is 1.72. The Morgan fingerprint density at radius 3 is 2.48 bits per heavy atom. The third kappa shape index (κ3) is 5.91. The van der Waals surface area contributed by atoms with Crippen LogP contribution in [-0.4, -0.2) is 43.0 Å². The fourth-order valence-electron chi connectivity index (χ4n) is 2.87. The number of rotatable bonds is 6. The molecule has 0 unspecified atom stereocenters. The van der Waals surface area contributed by atoms with Crippen LogP contribution in [0, 0.1) is 0 Å². The lowest BCUT2D eigenvalue weighted by Gasteiger charge is -2.29. The van der Waals surface area contributed by atoms with Crippen LogP contribution < -0.4 is 15.5 Å². The van der Waals surface area contributed by atoms with Gasteiger partial charge in [0.25, 0.3) is 0 Å². The van der Waals surface area contributed by atoms with Crippen molar-refractivity contribution in [3.63, 3.8) is 0 Å². The zero-order valence-corrected chi connectivity index (χ0v) is 16.5. The molecule has 1 fully saturated rings. The van der Waals surface area contributed by atoms with Crippen molar-refractivity contribution in [2.45, 2.75) is 6.42 Å². The Balaban J connectivity index is 1.48. The number of benzene rings is 2. The number of amides is 2. The van der Waals surface area contributed by atoms with E-state index in [0.717, 1.165) is 35.8 Å². The molecule has 0 aliphatic carbocycles. The van der Waals surface area contributed by atoms with Gasteiger partial charge in [0.05, 0.1) is 23.7 Å². The average molecular weight is 404 g/mol. The van der Waals surface area contributed by atoms with Gasteiger partial charge in [0.1, 0.15) is 0 Å². The lowest BCUT2D eigenvalue weighted by molar-refractivity contribution is -0.123. The van der Waals surface area contributed by atoms with Gasteiger partial charge in [0, 0.05) is 30.3 Å². The van der Waals surface area contributed by atoms with Gasteiger partial charge in [-0.1, -0.05) is 41.9 Å². The predicted molar refractivity (Wildman–Crippen MR) is 113 cm³/mol. The summed E-state index contributed by atoms with van der Waals surface area (Å²) >= 11 is 8.34. The van der Waals surface area contributed by atoms with E-state index in [1.807, 2.05) is 54.2 Å². The van der Waals surface area contributed by atoms with Gasteiger partial charge in [-0.25, -0.2) is 0 Å². The summed E-state index contributed by atoms with van der Waals surface area (Å²) in [6.45, 7) is 1.88. The number of halogens is 1. The van der Waals surface area contributed by atoms with Gasteiger partial charge in [0.2, 0.25) is 11.8 Å². The molecule has 2 aromatic carbocycles. The molecule has 7 heteroatoms. The largest absolute Gasteiger partial charge is 0.369 e. The van der Waals surface area contributed by atoms with Crippen LogP contribution in [0.4, 0.5) is 11.4 Å². The summed E-state index contributed by atoms with van der Waals surface area (Å²) in [6, 6.07) is 14.9. The second-order valence-electron chi connectivity index (χ2n) is 6.25. The molecule has 1 aliphatic heterocycles. The van der Waals surface area contributed by atoms with Crippen LogP contribution in [0.25, 0.3) is 0 Å². The number of nitrogens with zero attached hydrogens (tertiary/aromatic N) is 1. The van der Waals surface area contributed by atoms with Gasteiger partial charge >= 0.3 is 0 Å². The minimum Gasteiger partial charge on any atom is -0.369 e. The van der Waals surface area contributed by atoms with Gasteiger partial charge in [-0.3, -0.25) is 9.59 Å². The Hall–Kier alpha value is -2.18. The zero-order valence-electron chi connectivity index (χ0n) is 14.9. The molecule has 1 saturated heterocycles. The molecule has 2 aromatic rings. The van der Waals surface area contributed by atoms with E-state index in [1.165, 1.54) is 0 Å². The van der Waals surface area contributed by atoms with E-state index in [2.05, 4.69) is 15.5 Å². The molecule has 2 N–H and O–H groups in total. The summed E-state index contributed by atoms with van der Waals surface area (Å²) in [4.78, 5) is 26.3. The lowest BCUT2D eigenvalue weighted by Crippen LogP contribution is -2.34. The number of thioether (sulfide) groups is 1. The van der Waals surface area contributed by atoms with E-state index < -0.39 is 0 Å². The van der Waals surface area contributed by atoms with E-state index >= 15 is 0 Å². The van der Waals surface area contributed by atoms with Crippen molar-refractivity contribution >= 4 is 46.6 Å². The van der Waals surface area contributed by atoms with Crippen molar-refractivity contribution in [3.8, 4) is 0 Å². The molecule has 1 heterocycles. The second-order valence-corrected chi connectivity index (χ2v) is 7.88. The highest BCUT2D eigenvalue weighted by molar-refractivity contribution is 7.99. The van der Waals surface area contributed by atoms with Crippen molar-refractivity contribution in [1.29, 1.82) is 0 Å². The standard InChI is InChI=1S/C20H22ClN3O2S/c21-17-13-16(6-7-18(17)24-8-10-27-11-9-24)23-20(26)14-22-19(25)12-15-4-2-1-3-5-15/h1-7,13H,8-12,14H2,(H,22,25)(H,23,26). The molecule has 0 spiro atoms. The maximum atomic E-state index is 12.1. The van der Waals surface area contributed by atoms with E-state index in [-0.39, 0.29) is 24.8 Å². The second kappa shape index (κ2) is 9.67. The van der Waals surface area contributed by atoms with Gasteiger partial charge in [-0.15, -0.1) is 0 Å². The van der Waals surface area contributed by atoms with Crippen LogP contribution in [0.2, 0.25) is 5.02 Å². The lowest BCUT2D eigenvalue weighted by atomic mass is 10.1. The molecule has 0 saturated carbocycles. The van der Waals surface area contributed by atoms with Gasteiger partial charge < -0.3 is 15.5 Å². The van der Waals surface area contributed by atoms with Crippen LogP contribution in [0.5, 0.6) is 0 Å². The Morgan fingerprint density at radius 2 is 1.78 bits per heavy atom. The molecule has 0 bridgehead atoms. The summed E-state index contributed by atoms with van der Waals surface area (Å²) in [6.07, 6.45) is 0.253. The number of hydrogen-bond donors (Lipinski definition) is 2. The smallest absolute Gasteiger partial charge is 0.243 e. The summed E-state index contributed by atoms with van der Waals surface area (Å²) in [7, 11) is 0. The monoisotopic (exact) mass is 403 g/mol. The molecule has 3 rings (SSSR count). The first kappa shape index (κ1) is 19.6. The number of carbonyl (C=O) groups is 2. The van der Waals surface area contributed by atoms with E-state index in [1.54, 1.807) is 6.07 Å². The first-order chi connectivity index (χ1) is 13.1. The molecule has 0 radical (unpaired) electrons.